The van der Waals surface area contributed by atoms with Gasteiger partial charge in [-0.15, -0.1) is 0 Å². The van der Waals surface area contributed by atoms with E-state index in [4.69, 9.17) is 0 Å². The van der Waals surface area contributed by atoms with Crippen molar-refractivity contribution in [2.45, 2.75) is 51.6 Å². The third kappa shape index (κ3) is 3.32. The number of halogens is 1. The lowest BCUT2D eigenvalue weighted by Crippen LogP contribution is -2.33. The molecular weight excluding hydrogens is 251 g/mol. The first-order valence-corrected chi connectivity index (χ1v) is 8.03. The fourth-order valence-electron chi connectivity index (χ4n) is 2.93. The highest BCUT2D eigenvalue weighted by Gasteiger charge is 2.23. The van der Waals surface area contributed by atoms with Crippen molar-refractivity contribution in [2.75, 3.05) is 18.0 Å². The van der Waals surface area contributed by atoms with E-state index in [1.807, 2.05) is 6.07 Å². The Morgan fingerprint density at radius 2 is 2.05 bits per heavy atom. The molecule has 0 radical (unpaired) electrons. The molecule has 2 aliphatic carbocycles. The third-order valence-corrected chi connectivity index (χ3v) is 4.63. The van der Waals surface area contributed by atoms with Gasteiger partial charge in [-0.05, 0) is 62.3 Å². The summed E-state index contributed by atoms with van der Waals surface area (Å²) >= 11 is 0. The largest absolute Gasteiger partial charge is 0.371 e. The van der Waals surface area contributed by atoms with Crippen LogP contribution in [0.4, 0.5) is 10.1 Å². The average molecular weight is 276 g/mol. The van der Waals surface area contributed by atoms with Crippen molar-refractivity contribution < 1.29 is 4.39 Å². The molecule has 1 N–H and O–H groups in total. The van der Waals surface area contributed by atoms with Gasteiger partial charge >= 0.3 is 0 Å². The monoisotopic (exact) mass is 276 g/mol. The molecule has 0 spiro atoms. The van der Waals surface area contributed by atoms with E-state index >= 15 is 0 Å². The summed E-state index contributed by atoms with van der Waals surface area (Å²) in [5.74, 6) is 0.713. The second-order valence-electron chi connectivity index (χ2n) is 6.26. The number of nitrogens with zero attached hydrogens (tertiary/aromatic N) is 1. The first-order valence-electron chi connectivity index (χ1n) is 8.03. The number of anilines is 1. The van der Waals surface area contributed by atoms with Gasteiger partial charge in [-0.2, -0.15) is 0 Å². The highest BCUT2D eigenvalue weighted by molar-refractivity contribution is 5.54. The van der Waals surface area contributed by atoms with Crippen LogP contribution in [0.3, 0.4) is 0 Å². The van der Waals surface area contributed by atoms with E-state index < -0.39 is 0 Å². The van der Waals surface area contributed by atoms with Gasteiger partial charge in [0.15, 0.2) is 0 Å². The van der Waals surface area contributed by atoms with Gasteiger partial charge in [0.25, 0.3) is 0 Å². The van der Waals surface area contributed by atoms with Gasteiger partial charge in [0.1, 0.15) is 5.82 Å². The minimum atomic E-state index is -0.124. The molecule has 3 heteroatoms. The van der Waals surface area contributed by atoms with E-state index in [1.165, 1.54) is 37.8 Å². The minimum absolute atomic E-state index is 0.124. The SMILES string of the molecule is CCN(CC1CCC1)c1ccc(F)cc1CNC1CC1. The highest BCUT2D eigenvalue weighted by atomic mass is 19.1. The maximum Gasteiger partial charge on any atom is 0.123 e. The number of hydrogen-bond donors (Lipinski definition) is 1. The Hall–Kier alpha value is -1.09. The Morgan fingerprint density at radius 3 is 2.65 bits per heavy atom. The molecule has 20 heavy (non-hydrogen) atoms. The maximum atomic E-state index is 13.5. The molecule has 2 saturated carbocycles. The Morgan fingerprint density at radius 1 is 1.25 bits per heavy atom. The quantitative estimate of drug-likeness (QED) is 0.817. The summed E-state index contributed by atoms with van der Waals surface area (Å²) in [6.07, 6.45) is 6.62. The summed E-state index contributed by atoms with van der Waals surface area (Å²) in [7, 11) is 0. The van der Waals surface area contributed by atoms with Gasteiger partial charge in [0.2, 0.25) is 0 Å². The molecule has 2 nitrogen and oxygen atoms in total. The predicted molar refractivity (Wildman–Crippen MR) is 81.5 cm³/mol. The van der Waals surface area contributed by atoms with Crippen LogP contribution in [0.2, 0.25) is 0 Å². The molecule has 0 atom stereocenters. The molecule has 2 fully saturated rings. The highest BCUT2D eigenvalue weighted by Crippen LogP contribution is 2.31. The van der Waals surface area contributed by atoms with Gasteiger partial charge in [-0.3, -0.25) is 0 Å². The summed E-state index contributed by atoms with van der Waals surface area (Å²) in [6.45, 7) is 5.11. The first kappa shape index (κ1) is 13.9. The van der Waals surface area contributed by atoms with Crippen molar-refractivity contribution in [3.63, 3.8) is 0 Å². The average Bonchev–Trinajstić information content (AvgIpc) is 3.20. The van der Waals surface area contributed by atoms with Crippen LogP contribution >= 0.6 is 0 Å². The zero-order valence-electron chi connectivity index (χ0n) is 12.4. The second kappa shape index (κ2) is 6.13. The van der Waals surface area contributed by atoms with E-state index in [9.17, 15) is 4.39 Å². The topological polar surface area (TPSA) is 15.3 Å². The molecule has 0 amide bonds. The van der Waals surface area contributed by atoms with E-state index in [-0.39, 0.29) is 5.82 Å². The zero-order chi connectivity index (χ0) is 13.9. The molecule has 1 aromatic rings. The van der Waals surface area contributed by atoms with Crippen LogP contribution in [0, 0.1) is 11.7 Å². The second-order valence-corrected chi connectivity index (χ2v) is 6.26. The van der Waals surface area contributed by atoms with Crippen molar-refractivity contribution in [3.05, 3.63) is 29.6 Å². The molecule has 0 bridgehead atoms. The standard InChI is InChI=1S/C17H25FN2/c1-2-20(12-13-4-3-5-13)17-9-6-15(18)10-14(17)11-19-16-7-8-16/h6,9-10,13,16,19H,2-5,7-8,11-12H2,1H3. The maximum absolute atomic E-state index is 13.5. The lowest BCUT2D eigenvalue weighted by atomic mass is 9.85. The van der Waals surface area contributed by atoms with Crippen LogP contribution in [0.25, 0.3) is 0 Å². The number of nitrogens with one attached hydrogen (secondary N) is 1. The van der Waals surface area contributed by atoms with Gasteiger partial charge in [-0.25, -0.2) is 4.39 Å². The van der Waals surface area contributed by atoms with E-state index in [0.29, 0.717) is 6.04 Å². The summed E-state index contributed by atoms with van der Waals surface area (Å²) in [4.78, 5) is 2.42. The predicted octanol–water partition coefficient (Wildman–Crippen LogP) is 3.70. The van der Waals surface area contributed by atoms with Crippen molar-refractivity contribution in [2.24, 2.45) is 5.92 Å². The molecular formula is C17H25FN2. The Labute approximate surface area is 121 Å². The smallest absolute Gasteiger partial charge is 0.123 e. The molecule has 0 saturated heterocycles. The van der Waals surface area contributed by atoms with Crippen molar-refractivity contribution in [3.8, 4) is 0 Å². The fourth-order valence-corrected chi connectivity index (χ4v) is 2.93. The van der Waals surface area contributed by atoms with Gasteiger partial charge in [0.05, 0.1) is 0 Å². The molecule has 0 unspecified atom stereocenters. The Bertz CT molecular complexity index is 452. The van der Waals surface area contributed by atoms with Crippen LogP contribution in [0.5, 0.6) is 0 Å². The fraction of sp³-hybridized carbons (Fsp3) is 0.647. The Balaban J connectivity index is 1.73. The van der Waals surface area contributed by atoms with Gasteiger partial charge < -0.3 is 10.2 Å². The van der Waals surface area contributed by atoms with Crippen LogP contribution in [0.1, 0.15) is 44.6 Å². The summed E-state index contributed by atoms with van der Waals surface area (Å²) in [5.41, 5.74) is 2.33. The lowest BCUT2D eigenvalue weighted by molar-refractivity contribution is 0.318. The Kier molecular flexibility index (Phi) is 4.25. The van der Waals surface area contributed by atoms with Crippen molar-refractivity contribution >= 4 is 5.69 Å². The number of benzene rings is 1. The van der Waals surface area contributed by atoms with Crippen LogP contribution in [-0.4, -0.2) is 19.1 Å². The first-order chi connectivity index (χ1) is 9.76. The molecule has 0 aliphatic heterocycles. The molecule has 0 heterocycles. The molecule has 0 aromatic heterocycles. The molecule has 3 rings (SSSR count). The lowest BCUT2D eigenvalue weighted by Gasteiger charge is -2.34. The van der Waals surface area contributed by atoms with E-state index in [1.54, 1.807) is 12.1 Å². The van der Waals surface area contributed by atoms with Crippen molar-refractivity contribution in [1.29, 1.82) is 0 Å². The molecule has 110 valence electrons. The van der Waals surface area contributed by atoms with Crippen LogP contribution in [-0.2, 0) is 6.54 Å². The third-order valence-electron chi connectivity index (χ3n) is 4.63. The normalized spacial score (nSPS) is 18.9. The minimum Gasteiger partial charge on any atom is -0.371 e. The molecule has 2 aliphatic rings. The number of hydrogen-bond acceptors (Lipinski definition) is 2. The summed E-state index contributed by atoms with van der Waals surface area (Å²) in [6, 6.07) is 5.92. The summed E-state index contributed by atoms with van der Waals surface area (Å²) in [5, 5.41) is 3.51. The summed E-state index contributed by atoms with van der Waals surface area (Å²) < 4.78 is 13.5. The van der Waals surface area contributed by atoms with Crippen molar-refractivity contribution in [1.82, 2.24) is 5.32 Å². The van der Waals surface area contributed by atoms with Gasteiger partial charge in [0, 0.05) is 31.4 Å². The van der Waals surface area contributed by atoms with Crippen LogP contribution in [0.15, 0.2) is 18.2 Å². The molecule has 1 aromatic carbocycles. The number of rotatable bonds is 7. The van der Waals surface area contributed by atoms with E-state index in [2.05, 4.69) is 17.1 Å². The van der Waals surface area contributed by atoms with Gasteiger partial charge in [-0.1, -0.05) is 6.42 Å². The zero-order valence-corrected chi connectivity index (χ0v) is 12.4. The van der Waals surface area contributed by atoms with E-state index in [0.717, 1.165) is 31.1 Å². The van der Waals surface area contributed by atoms with Crippen LogP contribution < -0.4 is 10.2 Å².